The van der Waals surface area contributed by atoms with Gasteiger partial charge in [0.25, 0.3) is 0 Å². The number of carbonyl (C=O) groups excluding carboxylic acids is 1. The number of ether oxygens (including phenoxy) is 1. The largest absolute Gasteiger partial charge is 0.507 e. The van der Waals surface area contributed by atoms with E-state index < -0.39 is 11.9 Å². The van der Waals surface area contributed by atoms with Gasteiger partial charge in [0.05, 0.1) is 42.9 Å². The van der Waals surface area contributed by atoms with E-state index in [9.17, 15) is 19.8 Å². The molecule has 0 amide bonds. The van der Waals surface area contributed by atoms with Gasteiger partial charge in [-0.2, -0.15) is 10.5 Å². The van der Waals surface area contributed by atoms with E-state index in [0.717, 1.165) is 10.8 Å². The number of aromatic carboxylic acids is 1. The molecule has 6 aromatic rings. The number of hydrogen-bond donors (Lipinski definition) is 3. The number of fused-ring (bicyclic) bond motifs is 2. The lowest BCUT2D eigenvalue weighted by Gasteiger charge is -2.07. The first-order valence-electron chi connectivity index (χ1n) is 12.5. The second-order valence-corrected chi connectivity index (χ2v) is 9.21. The number of carbonyl (C=O) groups is 2. The molecule has 0 fully saturated rings. The molecular formula is C33H20N2O8. The van der Waals surface area contributed by atoms with Gasteiger partial charge >= 0.3 is 11.9 Å². The monoisotopic (exact) mass is 572 g/mol. The van der Waals surface area contributed by atoms with Crippen LogP contribution in [-0.4, -0.2) is 34.4 Å². The quantitative estimate of drug-likeness (QED) is 0.189. The Balaban J connectivity index is 0.000000171. The first-order valence-corrected chi connectivity index (χ1v) is 12.5. The van der Waals surface area contributed by atoms with Crippen LogP contribution in [0, 0.1) is 22.7 Å². The van der Waals surface area contributed by atoms with Crippen molar-refractivity contribution in [2.75, 3.05) is 7.11 Å². The van der Waals surface area contributed by atoms with Crippen LogP contribution in [0.1, 0.15) is 31.8 Å². The highest BCUT2D eigenvalue weighted by Gasteiger charge is 2.16. The van der Waals surface area contributed by atoms with Crippen LogP contribution < -0.4 is 0 Å². The fourth-order valence-electron chi connectivity index (χ4n) is 4.58. The smallest absolute Gasteiger partial charge is 0.341 e. The summed E-state index contributed by atoms with van der Waals surface area (Å²) in [5.41, 5.74) is 4.56. The Morgan fingerprint density at radius 1 is 0.698 bits per heavy atom. The van der Waals surface area contributed by atoms with Crippen molar-refractivity contribution in [2.24, 2.45) is 0 Å². The number of aromatic hydroxyl groups is 2. The normalized spacial score (nSPS) is 10.4. The lowest BCUT2D eigenvalue weighted by Crippen LogP contribution is -2.01. The Kier molecular flexibility index (Phi) is 7.52. The second-order valence-electron chi connectivity index (χ2n) is 9.21. The van der Waals surface area contributed by atoms with Crippen molar-refractivity contribution in [3.63, 3.8) is 0 Å². The van der Waals surface area contributed by atoms with E-state index in [-0.39, 0.29) is 22.6 Å². The van der Waals surface area contributed by atoms with E-state index in [2.05, 4.69) is 16.9 Å². The summed E-state index contributed by atoms with van der Waals surface area (Å²) in [7, 11) is 1.25. The molecule has 0 bridgehead atoms. The molecule has 10 nitrogen and oxygen atoms in total. The maximum atomic E-state index is 11.5. The fraction of sp³-hybridized carbons (Fsp3) is 0.0303. The van der Waals surface area contributed by atoms with Gasteiger partial charge in [0.15, 0.2) is 0 Å². The molecule has 0 saturated heterocycles. The first kappa shape index (κ1) is 28.0. The number of carboxylic acids is 1. The molecule has 6 rings (SSSR count). The van der Waals surface area contributed by atoms with Crippen molar-refractivity contribution in [1.82, 2.24) is 0 Å². The van der Waals surface area contributed by atoms with E-state index in [1.165, 1.54) is 43.9 Å². The topological polar surface area (TPSA) is 178 Å². The first-order chi connectivity index (χ1) is 20.7. The highest BCUT2D eigenvalue weighted by atomic mass is 16.5. The minimum Gasteiger partial charge on any atom is -0.507 e. The van der Waals surface area contributed by atoms with Crippen molar-refractivity contribution in [2.45, 2.75) is 0 Å². The lowest BCUT2D eigenvalue weighted by atomic mass is 9.99. The number of furan rings is 2. The van der Waals surface area contributed by atoms with E-state index >= 15 is 0 Å². The molecule has 0 aliphatic rings. The van der Waals surface area contributed by atoms with E-state index in [1.807, 2.05) is 0 Å². The number of carboxylic acid groups (broad SMARTS) is 1. The minimum absolute atomic E-state index is 0.0818. The van der Waals surface area contributed by atoms with Crippen molar-refractivity contribution in [3.05, 3.63) is 108 Å². The Morgan fingerprint density at radius 2 is 1.16 bits per heavy atom. The van der Waals surface area contributed by atoms with Gasteiger partial charge in [0.1, 0.15) is 33.8 Å². The molecule has 3 N–H and O–H groups in total. The van der Waals surface area contributed by atoms with Crippen LogP contribution >= 0.6 is 0 Å². The summed E-state index contributed by atoms with van der Waals surface area (Å²) >= 11 is 0. The number of nitrogens with zero attached hydrogens (tertiary/aromatic N) is 2. The van der Waals surface area contributed by atoms with Crippen LogP contribution in [-0.2, 0) is 4.74 Å². The van der Waals surface area contributed by atoms with Crippen LogP contribution in [0.5, 0.6) is 11.5 Å². The average Bonchev–Trinajstić information content (AvgIpc) is 3.69. The molecule has 210 valence electrons. The second kappa shape index (κ2) is 11.5. The van der Waals surface area contributed by atoms with Gasteiger partial charge in [-0.15, -0.1) is 0 Å². The third kappa shape index (κ3) is 5.44. The van der Waals surface area contributed by atoms with Crippen molar-refractivity contribution in [1.29, 1.82) is 10.5 Å². The van der Waals surface area contributed by atoms with Gasteiger partial charge in [-0.3, -0.25) is 0 Å². The van der Waals surface area contributed by atoms with Gasteiger partial charge in [-0.1, -0.05) is 12.1 Å². The molecule has 43 heavy (non-hydrogen) atoms. The number of rotatable bonds is 4. The Bertz CT molecular complexity index is 2130. The SMILES string of the molecule is COC(=O)c1ccc(-c2cc(C#N)cc3ccoc23)cc1O.N#Cc1cc(-c2ccc(C(=O)O)c(O)c2)c2occc2c1. The zero-order chi connectivity index (χ0) is 30.7. The highest BCUT2D eigenvalue weighted by molar-refractivity contribution is 5.98. The third-order valence-electron chi connectivity index (χ3n) is 6.61. The summed E-state index contributed by atoms with van der Waals surface area (Å²) in [5.74, 6) is -2.33. The van der Waals surface area contributed by atoms with Gasteiger partial charge in [0.2, 0.25) is 0 Å². The predicted molar refractivity (Wildman–Crippen MR) is 154 cm³/mol. The molecule has 0 aliphatic carbocycles. The molecular weight excluding hydrogens is 552 g/mol. The number of phenols is 2. The van der Waals surface area contributed by atoms with Crippen molar-refractivity contribution < 1.29 is 38.5 Å². The molecule has 0 spiro atoms. The fourth-order valence-corrected chi connectivity index (χ4v) is 4.58. The number of benzene rings is 4. The van der Waals surface area contributed by atoms with Crippen LogP contribution in [0.4, 0.5) is 0 Å². The molecule has 10 heteroatoms. The summed E-state index contributed by atoms with van der Waals surface area (Å²) in [5, 5.41) is 48.5. The standard InChI is InChI=1S/C17H11NO4.C16H9NO4/c1-21-17(20)13-3-2-11(8-15(13)19)14-7-10(9-18)6-12-4-5-22-16(12)14;17-8-9-5-11-3-4-21-15(11)13(6-9)10-1-2-12(16(19)20)14(18)7-10/h2-8,19H,1H3;1-7,18H,(H,19,20). The molecule has 2 heterocycles. The number of hydrogen-bond acceptors (Lipinski definition) is 9. The van der Waals surface area contributed by atoms with Crippen molar-refractivity contribution in [3.8, 4) is 45.9 Å². The van der Waals surface area contributed by atoms with Crippen LogP contribution in [0.15, 0.2) is 94.2 Å². The summed E-state index contributed by atoms with van der Waals surface area (Å²) in [6.07, 6.45) is 3.05. The zero-order valence-corrected chi connectivity index (χ0v) is 22.4. The van der Waals surface area contributed by atoms with Gasteiger partial charge in [0, 0.05) is 21.9 Å². The number of phenolic OH excluding ortho intramolecular Hbond substituents is 1. The lowest BCUT2D eigenvalue weighted by molar-refractivity contribution is 0.0596. The summed E-state index contributed by atoms with van der Waals surface area (Å²) in [4.78, 5) is 22.4. The summed E-state index contributed by atoms with van der Waals surface area (Å²) < 4.78 is 15.5. The molecule has 0 radical (unpaired) electrons. The zero-order valence-electron chi connectivity index (χ0n) is 22.4. The molecule has 0 unspecified atom stereocenters. The molecule has 2 aromatic heterocycles. The molecule has 0 aliphatic heterocycles. The van der Waals surface area contributed by atoms with Gasteiger partial charge < -0.3 is 28.9 Å². The average molecular weight is 573 g/mol. The van der Waals surface area contributed by atoms with Crippen LogP contribution in [0.3, 0.4) is 0 Å². The maximum Gasteiger partial charge on any atom is 0.341 e. The Morgan fingerprint density at radius 3 is 1.56 bits per heavy atom. The Labute approximate surface area is 243 Å². The highest BCUT2D eigenvalue weighted by Crippen LogP contribution is 2.35. The third-order valence-corrected chi connectivity index (χ3v) is 6.61. The van der Waals surface area contributed by atoms with E-state index in [1.54, 1.807) is 48.5 Å². The summed E-state index contributed by atoms with van der Waals surface area (Å²) in [6, 6.07) is 23.3. The van der Waals surface area contributed by atoms with E-state index in [4.69, 9.17) is 24.5 Å². The molecule has 4 aromatic carbocycles. The predicted octanol–water partition coefficient (Wildman–Crippen LogP) is 6.84. The number of nitriles is 2. The Hall–Kier alpha value is -6.52. The molecule has 0 atom stereocenters. The van der Waals surface area contributed by atoms with Crippen LogP contribution in [0.25, 0.3) is 44.2 Å². The molecule has 0 saturated carbocycles. The van der Waals surface area contributed by atoms with Crippen LogP contribution in [0.2, 0.25) is 0 Å². The van der Waals surface area contributed by atoms with Gasteiger partial charge in [-0.05, 0) is 71.8 Å². The van der Waals surface area contributed by atoms with Crippen molar-refractivity contribution >= 4 is 33.9 Å². The number of methoxy groups -OCH3 is 1. The minimum atomic E-state index is -1.20. The number of esters is 1. The van der Waals surface area contributed by atoms with E-state index in [0.29, 0.717) is 44.5 Å². The van der Waals surface area contributed by atoms with Gasteiger partial charge in [-0.25, -0.2) is 9.59 Å². The maximum absolute atomic E-state index is 11.5. The summed E-state index contributed by atoms with van der Waals surface area (Å²) in [6.45, 7) is 0.